The van der Waals surface area contributed by atoms with Crippen molar-refractivity contribution in [2.24, 2.45) is 0 Å². The first-order chi connectivity index (χ1) is 6.47. The molecule has 1 amide bonds. The maximum atomic E-state index is 11.4. The summed E-state index contributed by atoms with van der Waals surface area (Å²) in [5, 5.41) is 2.99. The topological polar surface area (TPSA) is 38.3 Å². The van der Waals surface area contributed by atoms with Crippen LogP contribution in [0.4, 0.5) is 0 Å². The van der Waals surface area contributed by atoms with Crippen LogP contribution in [0.25, 0.3) is 0 Å². The molecule has 0 aromatic heterocycles. The summed E-state index contributed by atoms with van der Waals surface area (Å²) >= 11 is 0. The third-order valence-electron chi connectivity index (χ3n) is 2.36. The van der Waals surface area contributed by atoms with Crippen LogP contribution in [-0.2, 0) is 9.53 Å². The summed E-state index contributed by atoms with van der Waals surface area (Å²) in [7, 11) is 0. The molecule has 0 radical (unpaired) electrons. The Labute approximate surface area is 86.2 Å². The third kappa shape index (κ3) is 4.61. The summed E-state index contributed by atoms with van der Waals surface area (Å²) in [5.74, 6) is 0.0202. The molecule has 3 heteroatoms. The Morgan fingerprint density at radius 1 is 1.36 bits per heavy atom. The first-order valence-corrected chi connectivity index (χ1v) is 5.41. The van der Waals surface area contributed by atoms with Crippen LogP contribution in [0.15, 0.2) is 0 Å². The van der Waals surface area contributed by atoms with Crippen LogP contribution in [0.1, 0.15) is 46.5 Å². The number of amides is 1. The van der Waals surface area contributed by atoms with Gasteiger partial charge >= 0.3 is 0 Å². The summed E-state index contributed by atoms with van der Waals surface area (Å²) < 4.78 is 5.39. The van der Waals surface area contributed by atoms with Crippen molar-refractivity contribution in [2.75, 3.05) is 6.61 Å². The van der Waals surface area contributed by atoms with Crippen LogP contribution in [0.3, 0.4) is 0 Å². The van der Waals surface area contributed by atoms with E-state index >= 15 is 0 Å². The molecule has 1 aliphatic rings. The molecule has 1 saturated carbocycles. The highest BCUT2D eigenvalue weighted by Crippen LogP contribution is 2.17. The van der Waals surface area contributed by atoms with E-state index in [9.17, 15) is 4.79 Å². The average Bonchev–Trinajstić information content (AvgIpc) is 2.52. The lowest BCUT2D eigenvalue weighted by Gasteiger charge is -2.20. The Morgan fingerprint density at radius 2 is 1.93 bits per heavy atom. The van der Waals surface area contributed by atoms with Gasteiger partial charge in [-0.25, -0.2) is 0 Å². The smallest absolute Gasteiger partial charge is 0.246 e. The molecule has 14 heavy (non-hydrogen) atoms. The maximum Gasteiger partial charge on any atom is 0.246 e. The summed E-state index contributed by atoms with van der Waals surface area (Å²) in [5.41, 5.74) is -0.229. The van der Waals surface area contributed by atoms with E-state index in [1.165, 1.54) is 12.8 Å². The number of carbonyl (C=O) groups is 1. The van der Waals surface area contributed by atoms with Gasteiger partial charge in [0, 0.05) is 6.04 Å². The molecule has 0 atom stereocenters. The van der Waals surface area contributed by atoms with Gasteiger partial charge in [-0.05, 0) is 33.6 Å². The second-order valence-corrected chi connectivity index (χ2v) is 4.95. The number of rotatable bonds is 3. The maximum absolute atomic E-state index is 11.4. The molecular formula is C11H21NO2. The van der Waals surface area contributed by atoms with Crippen molar-refractivity contribution >= 4 is 5.91 Å². The fraction of sp³-hybridized carbons (Fsp3) is 0.909. The summed E-state index contributed by atoms with van der Waals surface area (Å²) in [6, 6.07) is 0.395. The zero-order valence-electron chi connectivity index (χ0n) is 9.43. The summed E-state index contributed by atoms with van der Waals surface area (Å²) in [6.45, 7) is 6.04. The van der Waals surface area contributed by atoms with E-state index in [0.29, 0.717) is 6.04 Å². The summed E-state index contributed by atoms with van der Waals surface area (Å²) in [6.07, 6.45) is 4.73. The number of nitrogens with one attached hydrogen (secondary N) is 1. The van der Waals surface area contributed by atoms with E-state index in [0.717, 1.165) is 12.8 Å². The van der Waals surface area contributed by atoms with Gasteiger partial charge < -0.3 is 10.1 Å². The van der Waals surface area contributed by atoms with Crippen LogP contribution < -0.4 is 5.32 Å². The van der Waals surface area contributed by atoms with Gasteiger partial charge in [-0.2, -0.15) is 0 Å². The molecule has 1 N–H and O–H groups in total. The van der Waals surface area contributed by atoms with Crippen molar-refractivity contribution in [1.82, 2.24) is 5.32 Å². The number of carbonyl (C=O) groups excluding carboxylic acids is 1. The molecule has 0 spiro atoms. The van der Waals surface area contributed by atoms with Crippen molar-refractivity contribution in [3.8, 4) is 0 Å². The number of ether oxygens (including phenoxy) is 1. The van der Waals surface area contributed by atoms with E-state index in [-0.39, 0.29) is 18.1 Å². The van der Waals surface area contributed by atoms with Gasteiger partial charge in [0.2, 0.25) is 5.91 Å². The van der Waals surface area contributed by atoms with Gasteiger partial charge in [0.05, 0.1) is 5.60 Å². The second-order valence-electron chi connectivity index (χ2n) is 4.95. The molecule has 0 bridgehead atoms. The number of hydrogen-bond donors (Lipinski definition) is 1. The monoisotopic (exact) mass is 199 g/mol. The average molecular weight is 199 g/mol. The van der Waals surface area contributed by atoms with E-state index in [2.05, 4.69) is 5.32 Å². The van der Waals surface area contributed by atoms with Crippen molar-refractivity contribution < 1.29 is 9.53 Å². The zero-order chi connectivity index (χ0) is 10.6. The molecular weight excluding hydrogens is 178 g/mol. The molecule has 0 aromatic carbocycles. The van der Waals surface area contributed by atoms with Gasteiger partial charge in [0.15, 0.2) is 0 Å². The molecule has 3 nitrogen and oxygen atoms in total. The molecule has 82 valence electrons. The van der Waals surface area contributed by atoms with E-state index in [1.807, 2.05) is 20.8 Å². The lowest BCUT2D eigenvalue weighted by molar-refractivity contribution is -0.131. The molecule has 0 unspecified atom stereocenters. The minimum atomic E-state index is -0.229. The van der Waals surface area contributed by atoms with Crippen LogP contribution >= 0.6 is 0 Å². The molecule has 1 fully saturated rings. The van der Waals surface area contributed by atoms with Crippen LogP contribution in [0.2, 0.25) is 0 Å². The second kappa shape index (κ2) is 4.78. The Kier molecular flexibility index (Phi) is 3.93. The Morgan fingerprint density at radius 3 is 2.43 bits per heavy atom. The lowest BCUT2D eigenvalue weighted by Crippen LogP contribution is -2.37. The highest BCUT2D eigenvalue weighted by Gasteiger charge is 2.18. The van der Waals surface area contributed by atoms with E-state index < -0.39 is 0 Å². The molecule has 0 heterocycles. The van der Waals surface area contributed by atoms with Crippen molar-refractivity contribution in [3.63, 3.8) is 0 Å². The minimum Gasteiger partial charge on any atom is -0.366 e. The van der Waals surface area contributed by atoms with Crippen LogP contribution in [-0.4, -0.2) is 24.2 Å². The van der Waals surface area contributed by atoms with E-state index in [4.69, 9.17) is 4.74 Å². The Balaban J connectivity index is 2.15. The predicted molar refractivity (Wildman–Crippen MR) is 56.1 cm³/mol. The van der Waals surface area contributed by atoms with Gasteiger partial charge in [0.1, 0.15) is 6.61 Å². The lowest BCUT2D eigenvalue weighted by atomic mass is 10.2. The SMILES string of the molecule is CC(C)(C)OCC(=O)NC1CCCC1. The summed E-state index contributed by atoms with van der Waals surface area (Å²) in [4.78, 5) is 11.4. The van der Waals surface area contributed by atoms with Gasteiger partial charge in [-0.3, -0.25) is 4.79 Å². The van der Waals surface area contributed by atoms with Gasteiger partial charge in [-0.1, -0.05) is 12.8 Å². The highest BCUT2D eigenvalue weighted by atomic mass is 16.5. The third-order valence-corrected chi connectivity index (χ3v) is 2.36. The van der Waals surface area contributed by atoms with Crippen LogP contribution in [0, 0.1) is 0 Å². The quantitative estimate of drug-likeness (QED) is 0.753. The predicted octanol–water partition coefficient (Wildman–Crippen LogP) is 1.86. The Bertz CT molecular complexity index is 190. The van der Waals surface area contributed by atoms with Crippen molar-refractivity contribution in [1.29, 1.82) is 0 Å². The van der Waals surface area contributed by atoms with Gasteiger partial charge in [0.25, 0.3) is 0 Å². The molecule has 0 aliphatic heterocycles. The molecule has 0 aromatic rings. The first-order valence-electron chi connectivity index (χ1n) is 5.41. The fourth-order valence-electron chi connectivity index (χ4n) is 1.62. The molecule has 0 saturated heterocycles. The number of hydrogen-bond acceptors (Lipinski definition) is 2. The van der Waals surface area contributed by atoms with Gasteiger partial charge in [-0.15, -0.1) is 0 Å². The normalized spacial score (nSPS) is 18.5. The van der Waals surface area contributed by atoms with Crippen molar-refractivity contribution in [2.45, 2.75) is 58.1 Å². The fourth-order valence-corrected chi connectivity index (χ4v) is 1.62. The molecule has 1 rings (SSSR count). The van der Waals surface area contributed by atoms with Crippen LogP contribution in [0.5, 0.6) is 0 Å². The molecule has 1 aliphatic carbocycles. The van der Waals surface area contributed by atoms with Crippen molar-refractivity contribution in [3.05, 3.63) is 0 Å². The highest BCUT2D eigenvalue weighted by molar-refractivity contribution is 5.77. The standard InChI is InChI=1S/C11H21NO2/c1-11(2,3)14-8-10(13)12-9-6-4-5-7-9/h9H,4-8H2,1-3H3,(H,12,13). The Hall–Kier alpha value is -0.570. The first kappa shape index (κ1) is 11.5. The minimum absolute atomic E-state index is 0.0202. The zero-order valence-corrected chi connectivity index (χ0v) is 9.43. The van der Waals surface area contributed by atoms with E-state index in [1.54, 1.807) is 0 Å². The largest absolute Gasteiger partial charge is 0.366 e.